The van der Waals surface area contributed by atoms with E-state index in [2.05, 4.69) is 11.9 Å². The van der Waals surface area contributed by atoms with E-state index in [1.54, 1.807) is 17.0 Å². The van der Waals surface area contributed by atoms with Crippen LogP contribution in [0.15, 0.2) is 65.0 Å². The number of amides is 1. The number of benzene rings is 2. The Bertz CT molecular complexity index is 922. The van der Waals surface area contributed by atoms with Crippen LogP contribution in [0, 0.1) is 0 Å². The van der Waals surface area contributed by atoms with Crippen molar-refractivity contribution in [1.82, 2.24) is 4.90 Å². The molecule has 0 aromatic heterocycles. The molecule has 1 fully saturated rings. The highest BCUT2D eigenvalue weighted by Crippen LogP contribution is 2.35. The summed E-state index contributed by atoms with van der Waals surface area (Å²) >= 11 is 1.26. The normalized spacial score (nSPS) is 15.5. The van der Waals surface area contributed by atoms with Crippen LogP contribution in [0.5, 0.6) is 0 Å². The van der Waals surface area contributed by atoms with E-state index in [1.165, 1.54) is 18.7 Å². The van der Waals surface area contributed by atoms with Gasteiger partial charge in [-0.25, -0.2) is 4.99 Å². The van der Waals surface area contributed by atoms with Gasteiger partial charge in [0.2, 0.25) is 0 Å². The van der Waals surface area contributed by atoms with Gasteiger partial charge in [0.1, 0.15) is 0 Å². The first-order valence-electron chi connectivity index (χ1n) is 8.69. The molecule has 0 bridgehead atoms. The summed E-state index contributed by atoms with van der Waals surface area (Å²) in [5.74, 6) is -0.171. The molecule has 0 atom stereocenters. The molecule has 0 aliphatic carbocycles. The summed E-state index contributed by atoms with van der Waals surface area (Å²) in [5, 5.41) is 3.81. The van der Waals surface area contributed by atoms with Crippen molar-refractivity contribution in [3.8, 4) is 0 Å². The number of ketones is 1. The van der Waals surface area contributed by atoms with Gasteiger partial charge in [-0.2, -0.15) is 0 Å². The molecule has 1 N–H and O–H groups in total. The van der Waals surface area contributed by atoms with Crippen LogP contribution in [-0.2, 0) is 11.3 Å². The fourth-order valence-electron chi connectivity index (χ4n) is 2.72. The zero-order valence-corrected chi connectivity index (χ0v) is 16.2. The van der Waals surface area contributed by atoms with Gasteiger partial charge in [0.15, 0.2) is 11.0 Å². The molecule has 3 rings (SSSR count). The summed E-state index contributed by atoms with van der Waals surface area (Å²) in [4.78, 5) is 31.1. The zero-order valence-electron chi connectivity index (χ0n) is 15.4. The molecule has 6 heteroatoms. The Balaban J connectivity index is 2.00. The Labute approximate surface area is 163 Å². The lowest BCUT2D eigenvalue weighted by Gasteiger charge is -2.16. The predicted octanol–water partition coefficient (Wildman–Crippen LogP) is 4.60. The second-order valence-corrected chi connectivity index (χ2v) is 7.18. The van der Waals surface area contributed by atoms with E-state index in [4.69, 9.17) is 4.99 Å². The van der Waals surface area contributed by atoms with Crippen LogP contribution >= 0.6 is 11.8 Å². The molecule has 0 spiro atoms. The lowest BCUT2D eigenvalue weighted by molar-refractivity contribution is -0.122. The van der Waals surface area contributed by atoms with Crippen molar-refractivity contribution in [3.05, 3.63) is 71.1 Å². The summed E-state index contributed by atoms with van der Waals surface area (Å²) in [6.45, 7) is 8.51. The summed E-state index contributed by atoms with van der Waals surface area (Å²) in [6.07, 6.45) is 0. The number of thioether (sulfide) groups is 1. The SMILES string of the molecule is C=C1SC(=Nc2cc(C(C)=O)ccc2NCC)N(Cc2ccccc2)C1=O. The van der Waals surface area contributed by atoms with Crippen molar-refractivity contribution in [2.45, 2.75) is 20.4 Å². The van der Waals surface area contributed by atoms with Crippen molar-refractivity contribution in [2.75, 3.05) is 11.9 Å². The lowest BCUT2D eigenvalue weighted by atomic mass is 10.1. The molecule has 5 nitrogen and oxygen atoms in total. The standard InChI is InChI=1S/C21H21N3O2S/c1-4-22-18-11-10-17(14(2)25)12-19(18)23-21-24(20(26)15(3)27-21)13-16-8-6-5-7-9-16/h5-12,22H,3-4,13H2,1-2H3. The van der Waals surface area contributed by atoms with Gasteiger partial charge in [0.05, 0.1) is 22.8 Å². The number of nitrogens with one attached hydrogen (secondary N) is 1. The highest BCUT2D eigenvalue weighted by Gasteiger charge is 2.32. The predicted molar refractivity (Wildman–Crippen MR) is 111 cm³/mol. The van der Waals surface area contributed by atoms with Gasteiger partial charge in [0.25, 0.3) is 5.91 Å². The largest absolute Gasteiger partial charge is 0.384 e. The second-order valence-electron chi connectivity index (χ2n) is 6.11. The number of carbonyl (C=O) groups excluding carboxylic acids is 2. The van der Waals surface area contributed by atoms with E-state index in [1.807, 2.05) is 43.3 Å². The van der Waals surface area contributed by atoms with E-state index in [0.717, 1.165) is 17.8 Å². The highest BCUT2D eigenvalue weighted by atomic mass is 32.2. The number of nitrogens with zero attached hydrogens (tertiary/aromatic N) is 2. The molecule has 0 saturated carbocycles. The van der Waals surface area contributed by atoms with E-state index in [9.17, 15) is 9.59 Å². The molecule has 138 valence electrons. The van der Waals surface area contributed by atoms with Crippen LogP contribution < -0.4 is 5.32 Å². The molecular formula is C21H21N3O2S. The maximum atomic E-state index is 12.6. The number of hydrogen-bond donors (Lipinski definition) is 1. The van der Waals surface area contributed by atoms with Crippen molar-refractivity contribution < 1.29 is 9.59 Å². The van der Waals surface area contributed by atoms with Crippen molar-refractivity contribution in [1.29, 1.82) is 0 Å². The zero-order chi connectivity index (χ0) is 19.4. The molecule has 2 aromatic carbocycles. The molecule has 0 unspecified atom stereocenters. The van der Waals surface area contributed by atoms with E-state index < -0.39 is 0 Å². The monoisotopic (exact) mass is 379 g/mol. The van der Waals surface area contributed by atoms with Crippen LogP contribution in [0.3, 0.4) is 0 Å². The maximum Gasteiger partial charge on any atom is 0.266 e. The van der Waals surface area contributed by atoms with Crippen LogP contribution in [0.25, 0.3) is 0 Å². The van der Waals surface area contributed by atoms with Crippen molar-refractivity contribution in [3.63, 3.8) is 0 Å². The van der Waals surface area contributed by atoms with Crippen LogP contribution in [0.2, 0.25) is 0 Å². The fourth-order valence-corrected chi connectivity index (χ4v) is 3.54. The van der Waals surface area contributed by atoms with E-state index in [-0.39, 0.29) is 11.7 Å². The third-order valence-corrected chi connectivity index (χ3v) is 5.02. The fraction of sp³-hybridized carbons (Fsp3) is 0.190. The molecule has 1 heterocycles. The number of hydrogen-bond acceptors (Lipinski definition) is 5. The lowest BCUT2D eigenvalue weighted by Crippen LogP contribution is -2.28. The van der Waals surface area contributed by atoms with Gasteiger partial charge >= 0.3 is 0 Å². The molecule has 2 aromatic rings. The van der Waals surface area contributed by atoms with Gasteiger partial charge < -0.3 is 5.32 Å². The Morgan fingerprint density at radius 3 is 2.63 bits per heavy atom. The maximum absolute atomic E-state index is 12.6. The third-order valence-electron chi connectivity index (χ3n) is 4.10. The minimum atomic E-state index is -0.143. The average molecular weight is 379 g/mol. The minimum Gasteiger partial charge on any atom is -0.384 e. The topological polar surface area (TPSA) is 61.8 Å². The summed E-state index contributed by atoms with van der Waals surface area (Å²) < 4.78 is 0. The molecule has 1 amide bonds. The first kappa shape index (κ1) is 18.9. The van der Waals surface area contributed by atoms with E-state index in [0.29, 0.717) is 27.9 Å². The number of carbonyl (C=O) groups is 2. The molecule has 1 saturated heterocycles. The number of amidine groups is 1. The van der Waals surface area contributed by atoms with Crippen LogP contribution in [0.4, 0.5) is 11.4 Å². The number of anilines is 1. The third kappa shape index (κ3) is 4.28. The Morgan fingerprint density at radius 2 is 1.96 bits per heavy atom. The quantitative estimate of drug-likeness (QED) is 0.589. The van der Waals surface area contributed by atoms with Crippen LogP contribution in [-0.4, -0.2) is 28.3 Å². The Hall–Kier alpha value is -2.86. The summed E-state index contributed by atoms with van der Waals surface area (Å²) in [7, 11) is 0. The number of rotatable bonds is 6. The summed E-state index contributed by atoms with van der Waals surface area (Å²) in [6, 6.07) is 15.1. The highest BCUT2D eigenvalue weighted by molar-refractivity contribution is 8.18. The first-order chi connectivity index (χ1) is 13.0. The second kappa shape index (κ2) is 8.22. The number of aliphatic imine (C=N–C) groups is 1. The molecule has 27 heavy (non-hydrogen) atoms. The summed E-state index contributed by atoms with van der Waals surface area (Å²) in [5.41, 5.74) is 3.05. The van der Waals surface area contributed by atoms with Gasteiger partial charge in [-0.05, 0) is 49.4 Å². The first-order valence-corrected chi connectivity index (χ1v) is 9.51. The Kier molecular flexibility index (Phi) is 5.76. The van der Waals surface area contributed by atoms with Crippen molar-refractivity contribution >= 4 is 40.0 Å². The molecular weight excluding hydrogens is 358 g/mol. The van der Waals surface area contributed by atoms with E-state index >= 15 is 0 Å². The minimum absolute atomic E-state index is 0.0276. The van der Waals surface area contributed by atoms with Gasteiger partial charge in [-0.1, -0.05) is 36.9 Å². The van der Waals surface area contributed by atoms with Crippen molar-refractivity contribution in [2.24, 2.45) is 4.99 Å². The Morgan fingerprint density at radius 1 is 1.22 bits per heavy atom. The molecule has 1 aliphatic heterocycles. The smallest absolute Gasteiger partial charge is 0.266 e. The van der Waals surface area contributed by atoms with Crippen LogP contribution in [0.1, 0.15) is 29.8 Å². The molecule has 0 radical (unpaired) electrons. The average Bonchev–Trinajstić information content (AvgIpc) is 2.91. The van der Waals surface area contributed by atoms with Gasteiger partial charge in [0, 0.05) is 12.1 Å². The molecule has 1 aliphatic rings. The van der Waals surface area contributed by atoms with Gasteiger partial charge in [-0.15, -0.1) is 0 Å². The van der Waals surface area contributed by atoms with Gasteiger partial charge in [-0.3, -0.25) is 14.5 Å². The number of Topliss-reactive ketones (excluding diaryl/α,β-unsaturated/α-hetero) is 1.